The van der Waals surface area contributed by atoms with Crippen molar-refractivity contribution in [1.82, 2.24) is 4.98 Å². The molecule has 1 rings (SSSR count). The van der Waals surface area contributed by atoms with E-state index >= 15 is 0 Å². The molecule has 0 amide bonds. The van der Waals surface area contributed by atoms with E-state index in [2.05, 4.69) is 16.7 Å². The number of aryl methyl sites for hydroxylation is 1. The Balaban J connectivity index is 3.43. The molecule has 104 valence electrons. The number of hydrogen-bond acceptors (Lipinski definition) is 5. The first kappa shape index (κ1) is 15.5. The molecule has 1 unspecified atom stereocenters. The number of aliphatic carboxylic acids is 1. The molecule has 0 saturated heterocycles. The molecule has 6 heteroatoms. The van der Waals surface area contributed by atoms with Gasteiger partial charge in [0, 0.05) is 17.8 Å². The summed E-state index contributed by atoms with van der Waals surface area (Å²) in [5, 5.41) is 10.7. The highest BCUT2D eigenvalue weighted by Crippen LogP contribution is 2.35. The van der Waals surface area contributed by atoms with Crippen LogP contribution >= 0.6 is 11.3 Å². The predicted molar refractivity (Wildman–Crippen MR) is 77.4 cm³/mol. The van der Waals surface area contributed by atoms with Crippen molar-refractivity contribution in [1.29, 1.82) is 0 Å². The third-order valence-corrected chi connectivity index (χ3v) is 3.57. The van der Waals surface area contributed by atoms with Crippen molar-refractivity contribution >= 4 is 34.6 Å². The normalized spacial score (nSPS) is 13.9. The van der Waals surface area contributed by atoms with Gasteiger partial charge in [0.25, 0.3) is 0 Å². The van der Waals surface area contributed by atoms with Crippen LogP contribution in [0.5, 0.6) is 0 Å². The van der Waals surface area contributed by atoms with E-state index in [1.165, 1.54) is 11.3 Å². The average Bonchev–Trinajstić information content (AvgIpc) is 2.70. The lowest BCUT2D eigenvalue weighted by Gasteiger charge is -2.17. The number of nitrogens with zero attached hydrogens (tertiary/aromatic N) is 2. The van der Waals surface area contributed by atoms with Crippen LogP contribution in [0.3, 0.4) is 0 Å². The van der Waals surface area contributed by atoms with Crippen LogP contribution in [-0.2, 0) is 9.53 Å². The second-order valence-corrected chi connectivity index (χ2v) is 5.17. The third kappa shape index (κ3) is 3.48. The Morgan fingerprint density at radius 3 is 2.74 bits per heavy atom. The molecule has 0 aliphatic rings. The average molecular weight is 282 g/mol. The zero-order valence-electron chi connectivity index (χ0n) is 11.6. The van der Waals surface area contributed by atoms with Gasteiger partial charge in [0.1, 0.15) is 10.7 Å². The van der Waals surface area contributed by atoms with Gasteiger partial charge in [-0.25, -0.2) is 9.78 Å². The fraction of sp³-hybridized carbons (Fsp3) is 0.462. The van der Waals surface area contributed by atoms with E-state index in [-0.39, 0.29) is 11.7 Å². The van der Waals surface area contributed by atoms with Crippen molar-refractivity contribution in [2.24, 2.45) is 4.99 Å². The van der Waals surface area contributed by atoms with Gasteiger partial charge in [-0.3, -0.25) is 4.99 Å². The van der Waals surface area contributed by atoms with Crippen LogP contribution < -0.4 is 0 Å². The molecular weight excluding hydrogens is 264 g/mol. The Hall–Kier alpha value is -1.53. The van der Waals surface area contributed by atoms with Crippen molar-refractivity contribution in [2.45, 2.75) is 33.8 Å². The van der Waals surface area contributed by atoms with Gasteiger partial charge < -0.3 is 9.84 Å². The summed E-state index contributed by atoms with van der Waals surface area (Å²) in [6, 6.07) is 0. The zero-order valence-corrected chi connectivity index (χ0v) is 12.4. The maximum Gasteiger partial charge on any atom is 0.331 e. The Bertz CT molecular complexity index is 520. The SMILES string of the molecule is C=Nc1sc(C)nc1/C(=C(\C)C(=O)O)C(C)OCC. The lowest BCUT2D eigenvalue weighted by atomic mass is 10.0. The number of ether oxygens (including phenoxy) is 1. The van der Waals surface area contributed by atoms with Gasteiger partial charge >= 0.3 is 5.97 Å². The number of carbonyl (C=O) groups is 1. The van der Waals surface area contributed by atoms with Crippen LogP contribution in [0.2, 0.25) is 0 Å². The molecule has 1 aromatic heterocycles. The van der Waals surface area contributed by atoms with E-state index < -0.39 is 5.97 Å². The molecule has 0 aliphatic carbocycles. The minimum atomic E-state index is -0.984. The Morgan fingerprint density at radius 1 is 1.63 bits per heavy atom. The molecule has 1 aromatic rings. The Labute approximate surface area is 116 Å². The zero-order chi connectivity index (χ0) is 14.6. The molecule has 0 aliphatic heterocycles. The fourth-order valence-electron chi connectivity index (χ4n) is 1.82. The summed E-state index contributed by atoms with van der Waals surface area (Å²) in [5.74, 6) is -0.984. The van der Waals surface area contributed by atoms with E-state index in [9.17, 15) is 9.90 Å². The number of carboxylic acid groups (broad SMARTS) is 1. The van der Waals surface area contributed by atoms with Crippen LogP contribution in [0, 0.1) is 6.92 Å². The van der Waals surface area contributed by atoms with E-state index in [4.69, 9.17) is 4.74 Å². The fourth-order valence-corrected chi connectivity index (χ4v) is 2.56. The number of thiazole rings is 1. The first-order chi connectivity index (χ1) is 8.92. The maximum absolute atomic E-state index is 11.2. The van der Waals surface area contributed by atoms with E-state index in [0.717, 1.165) is 5.01 Å². The molecule has 1 N–H and O–H groups in total. The van der Waals surface area contributed by atoms with Crippen LogP contribution in [-0.4, -0.2) is 35.5 Å². The predicted octanol–water partition coefficient (Wildman–Crippen LogP) is 3.07. The van der Waals surface area contributed by atoms with E-state index in [0.29, 0.717) is 22.9 Å². The van der Waals surface area contributed by atoms with Gasteiger partial charge in [0.2, 0.25) is 0 Å². The first-order valence-electron chi connectivity index (χ1n) is 5.92. The minimum absolute atomic E-state index is 0.219. The summed E-state index contributed by atoms with van der Waals surface area (Å²) in [5.41, 5.74) is 1.33. The molecular formula is C13H18N2O3S. The molecule has 0 bridgehead atoms. The number of aliphatic imine (C=N–C) groups is 1. The van der Waals surface area contributed by atoms with Crippen LogP contribution in [0.25, 0.3) is 5.57 Å². The summed E-state index contributed by atoms with van der Waals surface area (Å²) in [6.45, 7) is 11.1. The summed E-state index contributed by atoms with van der Waals surface area (Å²) in [6.07, 6.45) is -0.358. The van der Waals surface area contributed by atoms with Crippen LogP contribution in [0.15, 0.2) is 10.6 Å². The molecule has 19 heavy (non-hydrogen) atoms. The van der Waals surface area contributed by atoms with Crippen LogP contribution in [0.4, 0.5) is 5.00 Å². The lowest BCUT2D eigenvalue weighted by Crippen LogP contribution is -2.15. The van der Waals surface area contributed by atoms with Crippen molar-refractivity contribution in [2.75, 3.05) is 6.61 Å². The van der Waals surface area contributed by atoms with E-state index in [1.54, 1.807) is 6.92 Å². The van der Waals surface area contributed by atoms with Crippen molar-refractivity contribution in [3.63, 3.8) is 0 Å². The van der Waals surface area contributed by atoms with Crippen LogP contribution in [0.1, 0.15) is 31.5 Å². The standard InChI is InChI=1S/C13H18N2O3S/c1-6-18-8(3)10(7(2)13(16)17)11-12(14-5)19-9(4)15-11/h8H,5-6H2,1-4H3,(H,16,17)/b10-7+. The lowest BCUT2D eigenvalue weighted by molar-refractivity contribution is -0.132. The quantitative estimate of drug-likeness (QED) is 0.643. The van der Waals surface area contributed by atoms with Gasteiger partial charge in [0.05, 0.1) is 11.1 Å². The number of carboxylic acids is 1. The summed E-state index contributed by atoms with van der Waals surface area (Å²) in [7, 11) is 0. The topological polar surface area (TPSA) is 71.8 Å². The van der Waals surface area contributed by atoms with Gasteiger partial charge in [0.15, 0.2) is 0 Å². The van der Waals surface area contributed by atoms with Gasteiger partial charge in [-0.2, -0.15) is 0 Å². The van der Waals surface area contributed by atoms with Gasteiger partial charge in [-0.15, -0.1) is 0 Å². The molecule has 1 heterocycles. The Morgan fingerprint density at radius 2 is 2.26 bits per heavy atom. The van der Waals surface area contributed by atoms with E-state index in [1.807, 2.05) is 20.8 Å². The molecule has 0 spiro atoms. The summed E-state index contributed by atoms with van der Waals surface area (Å²) in [4.78, 5) is 19.5. The van der Waals surface area contributed by atoms with Gasteiger partial charge in [-0.05, 0) is 34.4 Å². The molecule has 0 saturated carbocycles. The second kappa shape index (κ2) is 6.58. The maximum atomic E-state index is 11.2. The Kier molecular flexibility index (Phi) is 5.38. The smallest absolute Gasteiger partial charge is 0.331 e. The molecule has 0 radical (unpaired) electrons. The molecule has 0 aromatic carbocycles. The highest BCUT2D eigenvalue weighted by Gasteiger charge is 2.23. The first-order valence-corrected chi connectivity index (χ1v) is 6.74. The highest BCUT2D eigenvalue weighted by molar-refractivity contribution is 7.15. The van der Waals surface area contributed by atoms with Crippen molar-refractivity contribution in [3.8, 4) is 0 Å². The summed E-state index contributed by atoms with van der Waals surface area (Å²) >= 11 is 1.38. The second-order valence-electron chi connectivity index (χ2n) is 3.99. The molecule has 5 nitrogen and oxygen atoms in total. The monoisotopic (exact) mass is 282 g/mol. The number of aromatic nitrogens is 1. The number of hydrogen-bond donors (Lipinski definition) is 1. The third-order valence-electron chi connectivity index (χ3n) is 2.66. The number of rotatable bonds is 6. The highest BCUT2D eigenvalue weighted by atomic mass is 32.1. The largest absolute Gasteiger partial charge is 0.478 e. The molecule has 1 atom stereocenters. The van der Waals surface area contributed by atoms with Crippen molar-refractivity contribution in [3.05, 3.63) is 16.3 Å². The van der Waals surface area contributed by atoms with Crippen molar-refractivity contribution < 1.29 is 14.6 Å². The minimum Gasteiger partial charge on any atom is -0.478 e. The van der Waals surface area contributed by atoms with Gasteiger partial charge in [-0.1, -0.05) is 11.3 Å². The summed E-state index contributed by atoms with van der Waals surface area (Å²) < 4.78 is 5.52. The molecule has 0 fully saturated rings.